The van der Waals surface area contributed by atoms with Gasteiger partial charge in [0.05, 0.1) is 22.2 Å². The highest BCUT2D eigenvalue weighted by Gasteiger charge is 2.25. The number of hydrogen-bond donors (Lipinski definition) is 3. The molecule has 296 valence electrons. The summed E-state index contributed by atoms with van der Waals surface area (Å²) in [4.78, 5) is 21.2. The molecule has 2 fully saturated rings. The molecule has 3 aromatic carbocycles. The Kier molecular flexibility index (Phi) is 12.5. The normalized spacial score (nSPS) is 17.1. The van der Waals surface area contributed by atoms with Gasteiger partial charge in [-0.3, -0.25) is 9.69 Å². The van der Waals surface area contributed by atoms with Gasteiger partial charge in [-0.15, -0.1) is 0 Å². The maximum atomic E-state index is 13.9. The summed E-state index contributed by atoms with van der Waals surface area (Å²) >= 11 is 0. The number of rotatable bonds is 14. The van der Waals surface area contributed by atoms with Crippen LogP contribution in [-0.2, 0) is 47.4 Å². The van der Waals surface area contributed by atoms with E-state index in [0.29, 0.717) is 32.2 Å². The number of amides is 1. The molecule has 4 heterocycles. The summed E-state index contributed by atoms with van der Waals surface area (Å²) in [6, 6.07) is 23.6. The lowest BCUT2D eigenvalue weighted by molar-refractivity contribution is 0.0904. The smallest absolute Gasteiger partial charge is 0.251 e. The molecule has 1 amide bonds. The van der Waals surface area contributed by atoms with Crippen LogP contribution in [0.3, 0.4) is 0 Å². The number of anilines is 1. The van der Waals surface area contributed by atoms with Crippen molar-refractivity contribution in [2.24, 2.45) is 0 Å². The van der Waals surface area contributed by atoms with Crippen molar-refractivity contribution in [2.45, 2.75) is 83.2 Å². The molecule has 5 aromatic rings. The van der Waals surface area contributed by atoms with E-state index in [0.717, 1.165) is 83.7 Å². The van der Waals surface area contributed by atoms with E-state index in [1.54, 1.807) is 19.2 Å². The van der Waals surface area contributed by atoms with Gasteiger partial charge in [0.25, 0.3) is 5.91 Å². The molecule has 1 atom stereocenters. The highest BCUT2D eigenvalue weighted by atomic mass is 32.2. The van der Waals surface area contributed by atoms with Crippen LogP contribution in [0.15, 0.2) is 83.9 Å². The highest BCUT2D eigenvalue weighted by Crippen LogP contribution is 2.32. The summed E-state index contributed by atoms with van der Waals surface area (Å²) in [6.07, 6.45) is 4.27. The molecule has 2 aliphatic rings. The number of piperazine rings is 1. The van der Waals surface area contributed by atoms with Crippen molar-refractivity contribution < 1.29 is 17.9 Å². The number of carbonyl (C=O) groups excluding carboxylic acids is 1. The number of benzene rings is 3. The van der Waals surface area contributed by atoms with E-state index in [4.69, 9.17) is 9.72 Å². The van der Waals surface area contributed by atoms with Crippen LogP contribution in [0.2, 0.25) is 0 Å². The standard InChI is InChI=1S/C43H54N8O4S/c1-5-40-38(41(47-36-16-20-55-21-17-36)39-26-46-51(6-2)42(39)48-40)25-45-43(52)35-14-9-15-37(24-35)56(53,54)49(4)28-31-10-7-12-33(22-31)34-13-8-11-32(23-34)29-50-19-18-44-30(3)27-50/h7-15,22-24,26,30,36,44H,5-6,16-21,25,27-29H2,1-4H3,(H,45,52)(H,47,48)/t30-/m0/s1. The number of sulfonamides is 1. The highest BCUT2D eigenvalue weighted by molar-refractivity contribution is 7.89. The SMILES string of the molecule is CCc1nc2c(cnn2CC)c(NC2CCOCC2)c1CNC(=O)c1cccc(S(=O)(=O)N(C)Cc2cccc(-c3cccc(CN4CCN[C@@H](C)C4)c3)c2)c1. The van der Waals surface area contributed by atoms with Gasteiger partial charge in [0.15, 0.2) is 5.65 Å². The van der Waals surface area contributed by atoms with Gasteiger partial charge in [0.2, 0.25) is 10.0 Å². The first-order valence-corrected chi connectivity index (χ1v) is 21.3. The van der Waals surface area contributed by atoms with Crippen molar-refractivity contribution >= 4 is 32.7 Å². The zero-order valence-electron chi connectivity index (χ0n) is 32.9. The van der Waals surface area contributed by atoms with Crippen molar-refractivity contribution in [3.63, 3.8) is 0 Å². The van der Waals surface area contributed by atoms with Crippen molar-refractivity contribution in [3.8, 4) is 11.1 Å². The van der Waals surface area contributed by atoms with Crippen LogP contribution < -0.4 is 16.0 Å². The quantitative estimate of drug-likeness (QED) is 0.128. The third kappa shape index (κ3) is 8.98. The van der Waals surface area contributed by atoms with Crippen LogP contribution in [-0.4, -0.2) is 90.3 Å². The van der Waals surface area contributed by atoms with Crippen molar-refractivity contribution in [1.29, 1.82) is 0 Å². The summed E-state index contributed by atoms with van der Waals surface area (Å²) in [5.41, 5.74) is 8.05. The second-order valence-electron chi connectivity index (χ2n) is 15.0. The predicted octanol–water partition coefficient (Wildman–Crippen LogP) is 5.82. The Balaban J connectivity index is 1.05. The monoisotopic (exact) mass is 778 g/mol. The van der Waals surface area contributed by atoms with Crippen LogP contribution in [0.4, 0.5) is 5.69 Å². The molecule has 3 N–H and O–H groups in total. The minimum Gasteiger partial charge on any atom is -0.381 e. The molecular formula is C43H54N8O4S. The summed E-state index contributed by atoms with van der Waals surface area (Å²) in [5.74, 6) is -0.366. The number of nitrogens with zero attached hydrogens (tertiary/aromatic N) is 5. The largest absolute Gasteiger partial charge is 0.381 e. The molecule has 7 rings (SSSR count). The second-order valence-corrected chi connectivity index (χ2v) is 17.0. The fourth-order valence-corrected chi connectivity index (χ4v) is 9.01. The van der Waals surface area contributed by atoms with Crippen LogP contribution in [0.25, 0.3) is 22.2 Å². The number of ether oxygens (including phenoxy) is 1. The van der Waals surface area contributed by atoms with Crippen molar-refractivity contribution in [1.82, 2.24) is 34.6 Å². The second kappa shape index (κ2) is 17.6. The number of nitrogens with one attached hydrogen (secondary N) is 3. The summed E-state index contributed by atoms with van der Waals surface area (Å²) < 4.78 is 36.7. The molecule has 56 heavy (non-hydrogen) atoms. The Hall–Kier alpha value is -4.66. The minimum absolute atomic E-state index is 0.0601. The molecule has 0 bridgehead atoms. The molecule has 0 saturated carbocycles. The molecule has 2 aliphatic heterocycles. The van der Waals surface area contributed by atoms with E-state index >= 15 is 0 Å². The Labute approximate surface area is 330 Å². The van der Waals surface area contributed by atoms with Crippen LogP contribution in [0, 0.1) is 0 Å². The molecule has 0 aliphatic carbocycles. The number of fused-ring (bicyclic) bond motifs is 1. The Bertz CT molecular complexity index is 2270. The summed E-state index contributed by atoms with van der Waals surface area (Å²) in [6.45, 7) is 12.7. The zero-order chi connectivity index (χ0) is 39.2. The maximum absolute atomic E-state index is 13.9. The lowest BCUT2D eigenvalue weighted by Crippen LogP contribution is -2.48. The van der Waals surface area contributed by atoms with Crippen molar-refractivity contribution in [2.75, 3.05) is 45.2 Å². The first-order chi connectivity index (χ1) is 27.1. The van der Waals surface area contributed by atoms with E-state index in [2.05, 4.69) is 76.2 Å². The summed E-state index contributed by atoms with van der Waals surface area (Å²) in [7, 11) is -2.34. The Morgan fingerprint density at radius 1 is 1.00 bits per heavy atom. The lowest BCUT2D eigenvalue weighted by Gasteiger charge is -2.31. The molecule has 0 radical (unpaired) electrons. The number of hydrogen-bond acceptors (Lipinski definition) is 9. The van der Waals surface area contributed by atoms with Crippen LogP contribution >= 0.6 is 0 Å². The fourth-order valence-electron chi connectivity index (χ4n) is 7.80. The first kappa shape index (κ1) is 39.6. The van der Waals surface area contributed by atoms with Crippen molar-refractivity contribution in [3.05, 3.63) is 107 Å². The average molecular weight is 779 g/mol. The lowest BCUT2D eigenvalue weighted by atomic mass is 10.0. The summed E-state index contributed by atoms with van der Waals surface area (Å²) in [5, 5.41) is 15.8. The number of aromatic nitrogens is 3. The molecule has 12 nitrogen and oxygen atoms in total. The van der Waals surface area contributed by atoms with E-state index < -0.39 is 10.0 Å². The minimum atomic E-state index is -3.92. The molecule has 0 unspecified atom stereocenters. The van der Waals surface area contributed by atoms with Gasteiger partial charge >= 0.3 is 0 Å². The molecule has 2 aromatic heterocycles. The number of carbonyl (C=O) groups is 1. The topological polar surface area (TPSA) is 134 Å². The van der Waals surface area contributed by atoms with Gasteiger partial charge in [0.1, 0.15) is 0 Å². The van der Waals surface area contributed by atoms with Gasteiger partial charge in [-0.2, -0.15) is 9.40 Å². The number of pyridine rings is 1. The van der Waals surface area contributed by atoms with E-state index in [1.165, 1.54) is 22.0 Å². The zero-order valence-corrected chi connectivity index (χ0v) is 33.7. The van der Waals surface area contributed by atoms with Crippen LogP contribution in [0.1, 0.15) is 66.4 Å². The van der Waals surface area contributed by atoms with E-state index in [1.807, 2.05) is 29.9 Å². The molecule has 0 spiro atoms. The molecule has 13 heteroatoms. The third-order valence-electron chi connectivity index (χ3n) is 10.9. The van der Waals surface area contributed by atoms with Gasteiger partial charge in [-0.05, 0) is 85.7 Å². The van der Waals surface area contributed by atoms with E-state index in [9.17, 15) is 13.2 Å². The van der Waals surface area contributed by atoms with Crippen LogP contribution in [0.5, 0.6) is 0 Å². The molecule has 2 saturated heterocycles. The average Bonchev–Trinajstić information content (AvgIpc) is 3.63. The first-order valence-electron chi connectivity index (χ1n) is 19.8. The Morgan fingerprint density at radius 2 is 1.73 bits per heavy atom. The number of aryl methyl sites for hydroxylation is 2. The van der Waals surface area contributed by atoms with E-state index in [-0.39, 0.29) is 35.5 Å². The maximum Gasteiger partial charge on any atom is 0.251 e. The predicted molar refractivity (Wildman–Crippen MR) is 221 cm³/mol. The molecular weight excluding hydrogens is 725 g/mol. The fraction of sp³-hybridized carbons (Fsp3) is 0.419. The van der Waals surface area contributed by atoms with Gasteiger partial charge < -0.3 is 20.7 Å². The third-order valence-corrected chi connectivity index (χ3v) is 12.7. The van der Waals surface area contributed by atoms with Gasteiger partial charge in [-0.1, -0.05) is 49.4 Å². The Morgan fingerprint density at radius 3 is 2.46 bits per heavy atom. The van der Waals surface area contributed by atoms with Gasteiger partial charge in [-0.25, -0.2) is 18.1 Å². The van der Waals surface area contributed by atoms with Gasteiger partial charge in [0, 0.05) is 95.0 Å².